The van der Waals surface area contributed by atoms with Gasteiger partial charge in [0.2, 0.25) is 0 Å². The van der Waals surface area contributed by atoms with Crippen molar-refractivity contribution < 1.29 is 9.47 Å². The van der Waals surface area contributed by atoms with Crippen molar-refractivity contribution >= 4 is 11.8 Å². The highest BCUT2D eigenvalue weighted by Gasteiger charge is 2.12. The summed E-state index contributed by atoms with van der Waals surface area (Å²) in [5.41, 5.74) is 1.30. The number of fused-ring (bicyclic) bond motifs is 1. The second-order valence-corrected chi connectivity index (χ2v) is 5.66. The highest BCUT2D eigenvalue weighted by atomic mass is 32.2. The highest BCUT2D eigenvalue weighted by Crippen LogP contribution is 2.37. The number of hydrogen-bond donors (Lipinski definition) is 1. The lowest BCUT2D eigenvalue weighted by molar-refractivity contribution is 0.171. The molecule has 0 bridgehead atoms. The Bertz CT molecular complexity index is 601. The molecule has 0 spiro atoms. The van der Waals surface area contributed by atoms with Gasteiger partial charge in [0.05, 0.1) is 0 Å². The molecule has 1 aliphatic heterocycles. The fourth-order valence-corrected chi connectivity index (χ4v) is 3.13. The average Bonchev–Trinajstić information content (AvgIpc) is 2.49. The second-order valence-electron chi connectivity index (χ2n) is 4.55. The first-order valence-electron chi connectivity index (χ1n) is 6.67. The second kappa shape index (κ2) is 6.20. The molecule has 0 aliphatic carbocycles. The molecule has 1 heterocycles. The van der Waals surface area contributed by atoms with E-state index >= 15 is 0 Å². The SMILES string of the molecule is CNCc1ccccc1Sc1ccc2c(c1)OCCO2. The third-order valence-corrected chi connectivity index (χ3v) is 4.19. The Hall–Kier alpha value is -1.65. The first-order valence-corrected chi connectivity index (χ1v) is 7.48. The summed E-state index contributed by atoms with van der Waals surface area (Å²) in [6.07, 6.45) is 0. The van der Waals surface area contributed by atoms with Crippen LogP contribution < -0.4 is 14.8 Å². The topological polar surface area (TPSA) is 30.5 Å². The average molecular weight is 287 g/mol. The van der Waals surface area contributed by atoms with Crippen molar-refractivity contribution in [3.05, 3.63) is 48.0 Å². The van der Waals surface area contributed by atoms with E-state index in [0.717, 1.165) is 22.9 Å². The van der Waals surface area contributed by atoms with Crippen molar-refractivity contribution in [3.8, 4) is 11.5 Å². The van der Waals surface area contributed by atoms with Gasteiger partial charge < -0.3 is 14.8 Å². The van der Waals surface area contributed by atoms with Crippen LogP contribution in [-0.2, 0) is 6.54 Å². The van der Waals surface area contributed by atoms with Gasteiger partial charge in [0.15, 0.2) is 11.5 Å². The molecule has 0 atom stereocenters. The number of ether oxygens (including phenoxy) is 2. The maximum atomic E-state index is 5.63. The Morgan fingerprint density at radius 3 is 2.70 bits per heavy atom. The van der Waals surface area contributed by atoms with Crippen LogP contribution in [0.15, 0.2) is 52.3 Å². The molecule has 0 amide bonds. The van der Waals surface area contributed by atoms with Crippen molar-refractivity contribution in [1.29, 1.82) is 0 Å². The van der Waals surface area contributed by atoms with Crippen molar-refractivity contribution in [2.24, 2.45) is 0 Å². The van der Waals surface area contributed by atoms with Crippen LogP contribution in [0.3, 0.4) is 0 Å². The van der Waals surface area contributed by atoms with E-state index < -0.39 is 0 Å². The maximum Gasteiger partial charge on any atom is 0.162 e. The van der Waals surface area contributed by atoms with E-state index in [1.807, 2.05) is 13.1 Å². The van der Waals surface area contributed by atoms with Gasteiger partial charge in [-0.25, -0.2) is 0 Å². The van der Waals surface area contributed by atoms with Gasteiger partial charge in [-0.2, -0.15) is 0 Å². The normalized spacial score (nSPS) is 13.2. The Kier molecular flexibility index (Phi) is 4.14. The van der Waals surface area contributed by atoms with Gasteiger partial charge in [-0.15, -0.1) is 0 Å². The van der Waals surface area contributed by atoms with Gasteiger partial charge in [-0.1, -0.05) is 30.0 Å². The summed E-state index contributed by atoms with van der Waals surface area (Å²) in [4.78, 5) is 2.43. The third-order valence-electron chi connectivity index (χ3n) is 3.08. The summed E-state index contributed by atoms with van der Waals surface area (Å²) in [5.74, 6) is 1.68. The van der Waals surface area contributed by atoms with Gasteiger partial charge in [0.1, 0.15) is 13.2 Å². The van der Waals surface area contributed by atoms with Crippen LogP contribution in [0.5, 0.6) is 11.5 Å². The first kappa shape index (κ1) is 13.3. The fraction of sp³-hybridized carbons (Fsp3) is 0.250. The summed E-state index contributed by atoms with van der Waals surface area (Å²) in [6.45, 7) is 2.12. The molecule has 104 valence electrons. The molecule has 2 aromatic carbocycles. The molecule has 20 heavy (non-hydrogen) atoms. The van der Waals surface area contributed by atoms with Gasteiger partial charge in [-0.3, -0.25) is 0 Å². The summed E-state index contributed by atoms with van der Waals surface area (Å²) in [7, 11) is 1.96. The quantitative estimate of drug-likeness (QED) is 0.934. The van der Waals surface area contributed by atoms with Crippen molar-refractivity contribution in [2.75, 3.05) is 20.3 Å². The van der Waals surface area contributed by atoms with Crippen LogP contribution in [0.2, 0.25) is 0 Å². The molecule has 0 aromatic heterocycles. The standard InChI is InChI=1S/C16H17NO2S/c1-17-11-12-4-2-3-5-16(12)20-13-6-7-14-15(10-13)19-9-8-18-14/h2-7,10,17H,8-9,11H2,1H3. The van der Waals surface area contributed by atoms with Gasteiger partial charge >= 0.3 is 0 Å². The van der Waals surface area contributed by atoms with Crippen LogP contribution in [0.4, 0.5) is 0 Å². The molecule has 0 fully saturated rings. The predicted molar refractivity (Wildman–Crippen MR) is 80.8 cm³/mol. The Labute approximate surface area is 123 Å². The minimum atomic E-state index is 0.622. The molecule has 0 saturated heterocycles. The smallest absolute Gasteiger partial charge is 0.162 e. The monoisotopic (exact) mass is 287 g/mol. The molecule has 2 aromatic rings. The lowest BCUT2D eigenvalue weighted by Gasteiger charge is -2.19. The zero-order valence-electron chi connectivity index (χ0n) is 11.4. The molecular formula is C16H17NO2S. The fourth-order valence-electron chi connectivity index (χ4n) is 2.15. The van der Waals surface area contributed by atoms with E-state index in [2.05, 4.69) is 41.7 Å². The molecule has 3 nitrogen and oxygen atoms in total. The number of nitrogens with one attached hydrogen (secondary N) is 1. The number of rotatable bonds is 4. The van der Waals surface area contributed by atoms with E-state index in [-0.39, 0.29) is 0 Å². The molecule has 0 radical (unpaired) electrons. The lowest BCUT2D eigenvalue weighted by atomic mass is 10.2. The minimum absolute atomic E-state index is 0.622. The minimum Gasteiger partial charge on any atom is -0.486 e. The van der Waals surface area contributed by atoms with E-state index in [1.54, 1.807) is 11.8 Å². The van der Waals surface area contributed by atoms with E-state index in [9.17, 15) is 0 Å². The van der Waals surface area contributed by atoms with Crippen molar-refractivity contribution in [2.45, 2.75) is 16.3 Å². The largest absolute Gasteiger partial charge is 0.486 e. The third kappa shape index (κ3) is 2.92. The molecular weight excluding hydrogens is 270 g/mol. The lowest BCUT2D eigenvalue weighted by Crippen LogP contribution is -2.15. The molecule has 1 N–H and O–H groups in total. The number of hydrogen-bond acceptors (Lipinski definition) is 4. The Morgan fingerprint density at radius 1 is 1.05 bits per heavy atom. The van der Waals surface area contributed by atoms with Gasteiger partial charge in [-0.05, 0) is 36.9 Å². The molecule has 4 heteroatoms. The van der Waals surface area contributed by atoms with Crippen LogP contribution in [0.1, 0.15) is 5.56 Å². The van der Waals surface area contributed by atoms with Gasteiger partial charge in [0, 0.05) is 16.3 Å². The molecule has 0 saturated carbocycles. The molecule has 1 aliphatic rings. The van der Waals surface area contributed by atoms with Crippen LogP contribution in [0, 0.1) is 0 Å². The highest BCUT2D eigenvalue weighted by molar-refractivity contribution is 7.99. The van der Waals surface area contributed by atoms with Crippen LogP contribution in [0.25, 0.3) is 0 Å². The predicted octanol–water partition coefficient (Wildman–Crippen LogP) is 3.33. The summed E-state index contributed by atoms with van der Waals surface area (Å²) in [5, 5.41) is 3.20. The number of benzene rings is 2. The summed E-state index contributed by atoms with van der Waals surface area (Å²) >= 11 is 1.75. The Balaban J connectivity index is 1.84. The van der Waals surface area contributed by atoms with Crippen LogP contribution in [-0.4, -0.2) is 20.3 Å². The van der Waals surface area contributed by atoms with E-state index in [0.29, 0.717) is 13.2 Å². The van der Waals surface area contributed by atoms with Crippen molar-refractivity contribution in [1.82, 2.24) is 5.32 Å². The molecule has 3 rings (SSSR count). The summed E-state index contributed by atoms with van der Waals surface area (Å²) in [6, 6.07) is 14.5. The summed E-state index contributed by atoms with van der Waals surface area (Å²) < 4.78 is 11.2. The zero-order valence-corrected chi connectivity index (χ0v) is 12.2. The first-order chi connectivity index (χ1) is 9.86. The Morgan fingerprint density at radius 2 is 1.85 bits per heavy atom. The van der Waals surface area contributed by atoms with Gasteiger partial charge in [0.25, 0.3) is 0 Å². The maximum absolute atomic E-state index is 5.63. The van der Waals surface area contributed by atoms with Crippen LogP contribution >= 0.6 is 11.8 Å². The van der Waals surface area contributed by atoms with E-state index in [1.165, 1.54) is 10.5 Å². The zero-order chi connectivity index (χ0) is 13.8. The van der Waals surface area contributed by atoms with E-state index in [4.69, 9.17) is 9.47 Å². The molecule has 0 unspecified atom stereocenters. The van der Waals surface area contributed by atoms with Crippen molar-refractivity contribution in [3.63, 3.8) is 0 Å².